The van der Waals surface area contributed by atoms with Gasteiger partial charge >= 0.3 is 0 Å². The molecule has 0 radical (unpaired) electrons. The Hall–Kier alpha value is -2.04. The number of carbonyl (C=O) groups is 2. The highest BCUT2D eigenvalue weighted by Crippen LogP contribution is 2.36. The van der Waals surface area contributed by atoms with Gasteiger partial charge in [0.05, 0.1) is 6.04 Å². The van der Waals surface area contributed by atoms with Crippen LogP contribution in [0.4, 0.5) is 0 Å². The second-order valence-corrected chi connectivity index (χ2v) is 7.44. The highest BCUT2D eigenvalue weighted by atomic mass is 16.3. The fraction of sp³-hybridized carbons (Fsp3) is 0.600. The normalized spacial score (nSPS) is 21.4. The first-order valence-electron chi connectivity index (χ1n) is 9.45. The second kappa shape index (κ2) is 7.89. The molecule has 3 N–H and O–H groups in total. The van der Waals surface area contributed by atoms with E-state index in [2.05, 4.69) is 10.6 Å². The zero-order valence-electron chi connectivity index (χ0n) is 14.9. The van der Waals surface area contributed by atoms with E-state index in [1.54, 1.807) is 19.1 Å². The number of phenolic OH excluding ortho intramolecular Hbond substituents is 1. The molecule has 5 heteroatoms. The average molecular weight is 344 g/mol. The molecule has 0 aliphatic heterocycles. The maximum atomic E-state index is 12.4. The summed E-state index contributed by atoms with van der Waals surface area (Å²) < 4.78 is 0. The fourth-order valence-corrected chi connectivity index (χ4v) is 4.10. The largest absolute Gasteiger partial charge is 0.508 e. The van der Waals surface area contributed by atoms with Crippen LogP contribution >= 0.6 is 0 Å². The summed E-state index contributed by atoms with van der Waals surface area (Å²) in [5.74, 6) is 0.564. The lowest BCUT2D eigenvalue weighted by atomic mass is 9.87. The third-order valence-electron chi connectivity index (χ3n) is 5.53. The molecule has 0 spiro atoms. The maximum Gasteiger partial charge on any atom is 0.242 e. The van der Waals surface area contributed by atoms with E-state index in [1.165, 1.54) is 19.3 Å². The topological polar surface area (TPSA) is 78.4 Å². The first-order chi connectivity index (χ1) is 12.0. The molecule has 0 heterocycles. The Kier molecular flexibility index (Phi) is 5.61. The minimum Gasteiger partial charge on any atom is -0.508 e. The van der Waals surface area contributed by atoms with Gasteiger partial charge in [-0.25, -0.2) is 0 Å². The van der Waals surface area contributed by atoms with Crippen molar-refractivity contribution >= 4 is 11.8 Å². The van der Waals surface area contributed by atoms with Crippen LogP contribution in [0.25, 0.3) is 0 Å². The molecule has 2 aliphatic carbocycles. The molecule has 5 nitrogen and oxygen atoms in total. The van der Waals surface area contributed by atoms with Crippen molar-refractivity contribution in [2.75, 3.05) is 0 Å². The Morgan fingerprint density at radius 3 is 2.72 bits per heavy atom. The number of phenols is 1. The van der Waals surface area contributed by atoms with E-state index in [0.29, 0.717) is 18.1 Å². The summed E-state index contributed by atoms with van der Waals surface area (Å²) in [6.45, 7) is 1.73. The van der Waals surface area contributed by atoms with E-state index in [9.17, 15) is 14.7 Å². The number of hydrogen-bond donors (Lipinski definition) is 3. The van der Waals surface area contributed by atoms with Crippen molar-refractivity contribution in [3.63, 3.8) is 0 Å². The minimum atomic E-state index is -0.544. The number of amides is 2. The molecule has 136 valence electrons. The molecule has 3 rings (SSSR count). The summed E-state index contributed by atoms with van der Waals surface area (Å²) in [7, 11) is 0. The highest BCUT2D eigenvalue weighted by molar-refractivity contribution is 5.87. The molecule has 0 bridgehead atoms. The molecule has 2 aliphatic rings. The van der Waals surface area contributed by atoms with E-state index >= 15 is 0 Å². The number of carbonyl (C=O) groups excluding carboxylic acids is 2. The third kappa shape index (κ3) is 4.33. The van der Waals surface area contributed by atoms with Crippen molar-refractivity contribution in [2.45, 2.75) is 70.4 Å². The van der Waals surface area contributed by atoms with Crippen molar-refractivity contribution in [3.8, 4) is 5.75 Å². The van der Waals surface area contributed by atoms with Crippen LogP contribution < -0.4 is 10.6 Å². The molecular formula is C20H28N2O3. The lowest BCUT2D eigenvalue weighted by Crippen LogP contribution is -2.46. The van der Waals surface area contributed by atoms with Gasteiger partial charge in [0, 0.05) is 6.42 Å². The molecule has 2 amide bonds. The van der Waals surface area contributed by atoms with Gasteiger partial charge in [0.25, 0.3) is 0 Å². The van der Waals surface area contributed by atoms with Crippen LogP contribution in [0.1, 0.15) is 69.0 Å². The number of hydrogen-bond acceptors (Lipinski definition) is 3. The van der Waals surface area contributed by atoms with Gasteiger partial charge in [-0.3, -0.25) is 9.59 Å². The third-order valence-corrected chi connectivity index (χ3v) is 5.53. The molecule has 0 unspecified atom stereocenters. The highest BCUT2D eigenvalue weighted by Gasteiger charge is 2.28. The maximum absolute atomic E-state index is 12.4. The van der Waals surface area contributed by atoms with E-state index in [0.717, 1.165) is 36.8 Å². The van der Waals surface area contributed by atoms with Gasteiger partial charge in [0.2, 0.25) is 11.8 Å². The number of nitrogens with one attached hydrogen (secondary N) is 2. The van der Waals surface area contributed by atoms with E-state index in [4.69, 9.17) is 0 Å². The quantitative estimate of drug-likeness (QED) is 0.768. The standard InChI is InChI=1S/C20H28N2O3/c1-13(21-19(24)12-14-6-3-2-4-7-14)20(25)22-17-11-10-16-15(17)8-5-9-18(16)23/h5,8-9,13-14,17,23H,2-4,6-7,10-12H2,1H3,(H,21,24)(H,22,25)/t13-,17+/m0/s1. The van der Waals surface area contributed by atoms with Crippen LogP contribution in [0, 0.1) is 5.92 Å². The van der Waals surface area contributed by atoms with Gasteiger partial charge in [-0.05, 0) is 55.7 Å². The van der Waals surface area contributed by atoms with Crippen LogP contribution in [0.15, 0.2) is 18.2 Å². The fourth-order valence-electron chi connectivity index (χ4n) is 4.10. The zero-order valence-corrected chi connectivity index (χ0v) is 14.9. The van der Waals surface area contributed by atoms with Crippen molar-refractivity contribution in [3.05, 3.63) is 29.3 Å². The summed E-state index contributed by atoms with van der Waals surface area (Å²) in [5.41, 5.74) is 1.90. The molecule has 0 saturated heterocycles. The molecular weight excluding hydrogens is 316 g/mol. The van der Waals surface area contributed by atoms with Gasteiger partial charge in [0.1, 0.15) is 11.8 Å². The summed E-state index contributed by atoms with van der Waals surface area (Å²) in [4.78, 5) is 24.6. The van der Waals surface area contributed by atoms with Gasteiger partial charge in [0.15, 0.2) is 0 Å². The van der Waals surface area contributed by atoms with E-state index in [-0.39, 0.29) is 17.9 Å². The van der Waals surface area contributed by atoms with Gasteiger partial charge in [-0.2, -0.15) is 0 Å². The molecule has 1 fully saturated rings. The Labute approximate surface area is 149 Å². The first kappa shape index (κ1) is 17.8. The number of benzene rings is 1. The summed E-state index contributed by atoms with van der Waals surface area (Å²) in [6.07, 6.45) is 8.00. The number of rotatable bonds is 5. The molecule has 1 aromatic rings. The summed E-state index contributed by atoms with van der Waals surface area (Å²) in [5, 5.41) is 15.7. The van der Waals surface area contributed by atoms with Crippen molar-refractivity contribution in [1.82, 2.24) is 10.6 Å². The molecule has 25 heavy (non-hydrogen) atoms. The lowest BCUT2D eigenvalue weighted by Gasteiger charge is -2.23. The smallest absolute Gasteiger partial charge is 0.242 e. The van der Waals surface area contributed by atoms with Crippen molar-refractivity contribution < 1.29 is 14.7 Å². The van der Waals surface area contributed by atoms with Crippen LogP contribution in [-0.2, 0) is 16.0 Å². The van der Waals surface area contributed by atoms with E-state index < -0.39 is 6.04 Å². The average Bonchev–Trinajstić information content (AvgIpc) is 3.00. The van der Waals surface area contributed by atoms with Crippen LogP contribution in [0.5, 0.6) is 5.75 Å². The van der Waals surface area contributed by atoms with Gasteiger partial charge in [-0.15, -0.1) is 0 Å². The predicted molar refractivity (Wildman–Crippen MR) is 96.1 cm³/mol. The molecule has 2 atom stereocenters. The summed E-state index contributed by atoms with van der Waals surface area (Å²) in [6, 6.07) is 4.79. The lowest BCUT2D eigenvalue weighted by molar-refractivity contribution is -0.129. The van der Waals surface area contributed by atoms with Gasteiger partial charge in [-0.1, -0.05) is 31.4 Å². The minimum absolute atomic E-state index is 0.0287. The Bertz CT molecular complexity index is 638. The molecule has 0 aromatic heterocycles. The number of aromatic hydroxyl groups is 1. The van der Waals surface area contributed by atoms with Crippen LogP contribution in [0.3, 0.4) is 0 Å². The van der Waals surface area contributed by atoms with Gasteiger partial charge < -0.3 is 15.7 Å². The predicted octanol–water partition coefficient (Wildman–Crippen LogP) is 2.97. The summed E-state index contributed by atoms with van der Waals surface area (Å²) >= 11 is 0. The zero-order chi connectivity index (χ0) is 17.8. The van der Waals surface area contributed by atoms with Crippen LogP contribution in [-0.4, -0.2) is 23.0 Å². The SMILES string of the molecule is C[C@H](NC(=O)CC1CCCCC1)C(=O)N[C@@H]1CCc2c(O)cccc21. The van der Waals surface area contributed by atoms with E-state index in [1.807, 2.05) is 6.07 Å². The van der Waals surface area contributed by atoms with Crippen molar-refractivity contribution in [2.24, 2.45) is 5.92 Å². The second-order valence-electron chi connectivity index (χ2n) is 7.44. The Balaban J connectivity index is 1.50. The molecule has 1 aromatic carbocycles. The Morgan fingerprint density at radius 2 is 1.96 bits per heavy atom. The Morgan fingerprint density at radius 1 is 1.20 bits per heavy atom. The van der Waals surface area contributed by atoms with Crippen LogP contribution in [0.2, 0.25) is 0 Å². The first-order valence-corrected chi connectivity index (χ1v) is 9.45. The van der Waals surface area contributed by atoms with Crippen molar-refractivity contribution in [1.29, 1.82) is 0 Å². The molecule has 1 saturated carbocycles. The monoisotopic (exact) mass is 344 g/mol. The number of fused-ring (bicyclic) bond motifs is 1.